The molecule has 0 bridgehead atoms. The molecule has 0 heterocycles. The monoisotopic (exact) mass is 233 g/mol. The van der Waals surface area contributed by atoms with Crippen LogP contribution in [0, 0.1) is 0 Å². The van der Waals surface area contributed by atoms with Gasteiger partial charge < -0.3 is 5.73 Å². The van der Waals surface area contributed by atoms with Crippen molar-refractivity contribution in [1.29, 1.82) is 0 Å². The molecule has 1 aromatic carbocycles. The van der Waals surface area contributed by atoms with Crippen molar-refractivity contribution in [2.45, 2.75) is 19.4 Å². The molecule has 0 aliphatic rings. The summed E-state index contributed by atoms with van der Waals surface area (Å²) in [6.45, 7) is 2.02. The molecule has 0 spiro atoms. The zero-order valence-electron chi connectivity index (χ0n) is 8.37. The maximum Gasteiger partial charge on any atom is 0.394 e. The van der Waals surface area contributed by atoms with Gasteiger partial charge in [-0.05, 0) is 18.9 Å². The van der Waals surface area contributed by atoms with E-state index < -0.39 is 10.4 Å². The van der Waals surface area contributed by atoms with E-state index in [0.29, 0.717) is 0 Å². The maximum absolute atomic E-state index is 8.74. The van der Waals surface area contributed by atoms with E-state index in [1.807, 2.05) is 25.1 Å². The van der Waals surface area contributed by atoms with Crippen molar-refractivity contribution in [3.8, 4) is 0 Å². The zero-order valence-corrected chi connectivity index (χ0v) is 9.18. The average Bonchev–Trinajstić information content (AvgIpc) is 2.01. The first-order valence-corrected chi connectivity index (χ1v) is 5.68. The molecular formula is C9H15NO4S. The molecule has 86 valence electrons. The van der Waals surface area contributed by atoms with Crippen molar-refractivity contribution in [2.24, 2.45) is 5.73 Å². The van der Waals surface area contributed by atoms with E-state index in [9.17, 15) is 0 Å². The number of benzene rings is 1. The number of rotatable bonds is 2. The Labute approximate surface area is 89.5 Å². The van der Waals surface area contributed by atoms with Crippen molar-refractivity contribution in [2.75, 3.05) is 0 Å². The standard InChI is InChI=1S/C9H13N.H2O4S/c1-8(10)7-9-5-3-2-4-6-9;1-5(2,3)4/h2-6,8H,7,10H2,1H3;(H2,1,2,3,4)/t8-;/m0./s1. The first-order valence-electron chi connectivity index (χ1n) is 4.28. The average molecular weight is 233 g/mol. The van der Waals surface area contributed by atoms with Crippen LogP contribution >= 0.6 is 0 Å². The molecule has 0 fully saturated rings. The Bertz CT molecular complexity index is 353. The Morgan fingerprint density at radius 2 is 1.67 bits per heavy atom. The molecule has 0 unspecified atom stereocenters. The van der Waals surface area contributed by atoms with E-state index in [1.54, 1.807) is 0 Å². The van der Waals surface area contributed by atoms with Gasteiger partial charge in [-0.1, -0.05) is 30.3 Å². The molecule has 5 nitrogen and oxygen atoms in total. The molecule has 0 radical (unpaired) electrons. The SMILES string of the molecule is C[C@H](N)Cc1ccccc1.O=S(=O)(O)O. The zero-order chi connectivity index (χ0) is 11.9. The molecule has 0 aromatic heterocycles. The summed E-state index contributed by atoms with van der Waals surface area (Å²) in [7, 11) is -4.67. The van der Waals surface area contributed by atoms with Crippen LogP contribution in [0.1, 0.15) is 12.5 Å². The van der Waals surface area contributed by atoms with Crippen LogP contribution in [0.5, 0.6) is 0 Å². The first-order chi connectivity index (χ1) is 6.79. The molecule has 0 saturated carbocycles. The van der Waals surface area contributed by atoms with Crippen molar-refractivity contribution >= 4 is 10.4 Å². The molecule has 0 amide bonds. The number of hydrogen-bond acceptors (Lipinski definition) is 3. The molecule has 0 aliphatic heterocycles. The van der Waals surface area contributed by atoms with Gasteiger partial charge in [0.25, 0.3) is 0 Å². The predicted molar refractivity (Wildman–Crippen MR) is 58.0 cm³/mol. The van der Waals surface area contributed by atoms with E-state index in [1.165, 1.54) is 5.56 Å². The van der Waals surface area contributed by atoms with Crippen LogP contribution in [0.15, 0.2) is 30.3 Å². The summed E-state index contributed by atoms with van der Waals surface area (Å²) in [5.41, 5.74) is 6.94. The van der Waals surface area contributed by atoms with E-state index in [2.05, 4.69) is 12.1 Å². The Hall–Kier alpha value is -0.950. The van der Waals surface area contributed by atoms with Crippen LogP contribution in [0.2, 0.25) is 0 Å². The van der Waals surface area contributed by atoms with Crippen LogP contribution in [0.4, 0.5) is 0 Å². The summed E-state index contributed by atoms with van der Waals surface area (Å²) in [6.07, 6.45) is 0.973. The van der Waals surface area contributed by atoms with Gasteiger partial charge in [-0.15, -0.1) is 0 Å². The van der Waals surface area contributed by atoms with Crippen molar-refractivity contribution in [3.05, 3.63) is 35.9 Å². The summed E-state index contributed by atoms with van der Waals surface area (Å²) in [5.74, 6) is 0. The van der Waals surface area contributed by atoms with Gasteiger partial charge in [0.1, 0.15) is 0 Å². The van der Waals surface area contributed by atoms with Gasteiger partial charge in [-0.25, -0.2) is 0 Å². The van der Waals surface area contributed by atoms with Crippen molar-refractivity contribution in [1.82, 2.24) is 0 Å². The fourth-order valence-corrected chi connectivity index (χ4v) is 0.986. The molecule has 15 heavy (non-hydrogen) atoms. The summed E-state index contributed by atoms with van der Waals surface area (Å²) in [4.78, 5) is 0. The predicted octanol–water partition coefficient (Wildman–Crippen LogP) is 0.924. The summed E-state index contributed by atoms with van der Waals surface area (Å²) >= 11 is 0. The Kier molecular flexibility index (Phi) is 6.11. The third-order valence-electron chi connectivity index (χ3n) is 1.40. The molecule has 6 heteroatoms. The molecule has 1 aromatic rings. The normalized spacial score (nSPS) is 12.5. The largest absolute Gasteiger partial charge is 0.394 e. The van der Waals surface area contributed by atoms with Gasteiger partial charge in [0, 0.05) is 6.04 Å². The highest BCUT2D eigenvalue weighted by molar-refractivity contribution is 7.79. The first kappa shape index (κ1) is 14.1. The molecule has 0 saturated heterocycles. The minimum Gasteiger partial charge on any atom is -0.328 e. The lowest BCUT2D eigenvalue weighted by Crippen LogP contribution is -2.17. The molecule has 0 aliphatic carbocycles. The van der Waals surface area contributed by atoms with Gasteiger partial charge in [0.05, 0.1) is 0 Å². The lowest BCUT2D eigenvalue weighted by molar-refractivity contribution is 0.381. The van der Waals surface area contributed by atoms with Gasteiger partial charge in [-0.3, -0.25) is 9.11 Å². The fourth-order valence-electron chi connectivity index (χ4n) is 0.986. The van der Waals surface area contributed by atoms with Gasteiger partial charge in [-0.2, -0.15) is 8.42 Å². The van der Waals surface area contributed by atoms with E-state index >= 15 is 0 Å². The van der Waals surface area contributed by atoms with Crippen molar-refractivity contribution < 1.29 is 17.5 Å². The van der Waals surface area contributed by atoms with E-state index in [4.69, 9.17) is 23.3 Å². The Morgan fingerprint density at radius 1 is 1.27 bits per heavy atom. The smallest absolute Gasteiger partial charge is 0.328 e. The Balaban J connectivity index is 0.000000336. The summed E-state index contributed by atoms with van der Waals surface area (Å²) in [5, 5.41) is 0. The van der Waals surface area contributed by atoms with E-state index in [0.717, 1.165) is 6.42 Å². The molecule has 4 N–H and O–H groups in total. The third-order valence-corrected chi connectivity index (χ3v) is 1.40. The van der Waals surface area contributed by atoms with Gasteiger partial charge in [0.15, 0.2) is 0 Å². The number of hydrogen-bond donors (Lipinski definition) is 3. The van der Waals surface area contributed by atoms with Gasteiger partial charge in [0.2, 0.25) is 0 Å². The maximum atomic E-state index is 8.74. The lowest BCUT2D eigenvalue weighted by Gasteiger charge is -2.02. The fraction of sp³-hybridized carbons (Fsp3) is 0.333. The molecule has 1 rings (SSSR count). The topological polar surface area (TPSA) is 101 Å². The highest BCUT2D eigenvalue weighted by Crippen LogP contribution is 2.00. The van der Waals surface area contributed by atoms with E-state index in [-0.39, 0.29) is 6.04 Å². The van der Waals surface area contributed by atoms with Crippen molar-refractivity contribution in [3.63, 3.8) is 0 Å². The van der Waals surface area contributed by atoms with Crippen LogP contribution < -0.4 is 5.73 Å². The van der Waals surface area contributed by atoms with Crippen LogP contribution in [0.25, 0.3) is 0 Å². The summed E-state index contributed by atoms with van der Waals surface area (Å²) in [6, 6.07) is 10.6. The van der Waals surface area contributed by atoms with Crippen LogP contribution in [0.3, 0.4) is 0 Å². The minimum atomic E-state index is -4.67. The van der Waals surface area contributed by atoms with Crippen LogP contribution in [-0.2, 0) is 16.8 Å². The highest BCUT2D eigenvalue weighted by atomic mass is 32.3. The quantitative estimate of drug-likeness (QED) is 0.659. The molecule has 1 atom stereocenters. The lowest BCUT2D eigenvalue weighted by atomic mass is 10.1. The van der Waals surface area contributed by atoms with Gasteiger partial charge >= 0.3 is 10.4 Å². The second-order valence-corrected chi connectivity index (χ2v) is 4.01. The Morgan fingerprint density at radius 3 is 2.00 bits per heavy atom. The highest BCUT2D eigenvalue weighted by Gasteiger charge is 1.94. The molecular weight excluding hydrogens is 218 g/mol. The number of nitrogens with two attached hydrogens (primary N) is 1. The van der Waals surface area contributed by atoms with Crippen LogP contribution in [-0.4, -0.2) is 23.6 Å². The second kappa shape index (κ2) is 6.52. The summed E-state index contributed by atoms with van der Waals surface area (Å²) < 4.78 is 31.6. The minimum absolute atomic E-state index is 0.266. The third kappa shape index (κ3) is 13.1. The second-order valence-electron chi connectivity index (χ2n) is 3.11.